The van der Waals surface area contributed by atoms with E-state index in [4.69, 9.17) is 4.42 Å². The summed E-state index contributed by atoms with van der Waals surface area (Å²) >= 11 is 0. The molecule has 1 heterocycles. The molecule has 0 aliphatic heterocycles. The fraction of sp³-hybridized carbons (Fsp3) is 0.368. The molecule has 3 rings (SSSR count). The van der Waals surface area contributed by atoms with Crippen LogP contribution in [-0.2, 0) is 0 Å². The highest BCUT2D eigenvalue weighted by atomic mass is 16.3. The van der Waals surface area contributed by atoms with Crippen molar-refractivity contribution in [3.63, 3.8) is 0 Å². The van der Waals surface area contributed by atoms with Gasteiger partial charge in [-0.05, 0) is 37.6 Å². The van der Waals surface area contributed by atoms with Crippen molar-refractivity contribution < 1.29 is 4.42 Å². The van der Waals surface area contributed by atoms with Gasteiger partial charge in [0.1, 0.15) is 11.2 Å². The first kappa shape index (κ1) is 14.0. The SMILES string of the molecule is CCCCCC(C)Nc1ccc2oc3ccccc3c2c1. The van der Waals surface area contributed by atoms with Gasteiger partial charge in [-0.2, -0.15) is 0 Å². The Hall–Kier alpha value is -1.96. The van der Waals surface area contributed by atoms with E-state index in [1.54, 1.807) is 0 Å². The summed E-state index contributed by atoms with van der Waals surface area (Å²) in [5.74, 6) is 0. The van der Waals surface area contributed by atoms with Crippen molar-refractivity contribution in [2.24, 2.45) is 0 Å². The molecule has 1 unspecified atom stereocenters. The highest BCUT2D eigenvalue weighted by Crippen LogP contribution is 2.30. The van der Waals surface area contributed by atoms with Crippen LogP contribution in [0.1, 0.15) is 39.5 Å². The molecule has 0 fully saturated rings. The summed E-state index contributed by atoms with van der Waals surface area (Å²) < 4.78 is 5.86. The van der Waals surface area contributed by atoms with Crippen LogP contribution in [0, 0.1) is 0 Å². The van der Waals surface area contributed by atoms with Crippen molar-refractivity contribution in [2.45, 2.75) is 45.6 Å². The molecule has 2 heteroatoms. The van der Waals surface area contributed by atoms with E-state index in [1.807, 2.05) is 12.1 Å². The Labute approximate surface area is 126 Å². The van der Waals surface area contributed by atoms with Crippen LogP contribution in [0.5, 0.6) is 0 Å². The first-order valence-electron chi connectivity index (χ1n) is 7.96. The largest absolute Gasteiger partial charge is 0.456 e. The number of unbranched alkanes of at least 4 members (excludes halogenated alkanes) is 2. The lowest BCUT2D eigenvalue weighted by atomic mass is 10.1. The van der Waals surface area contributed by atoms with E-state index in [0.717, 1.165) is 11.2 Å². The third-order valence-electron chi connectivity index (χ3n) is 4.03. The highest BCUT2D eigenvalue weighted by molar-refractivity contribution is 6.05. The number of hydrogen-bond donors (Lipinski definition) is 1. The van der Waals surface area contributed by atoms with Gasteiger partial charge in [0.25, 0.3) is 0 Å². The van der Waals surface area contributed by atoms with E-state index < -0.39 is 0 Å². The molecule has 3 aromatic rings. The molecule has 0 amide bonds. The number of anilines is 1. The molecule has 0 saturated heterocycles. The second-order valence-corrected chi connectivity index (χ2v) is 5.85. The van der Waals surface area contributed by atoms with Crippen molar-refractivity contribution in [3.05, 3.63) is 42.5 Å². The minimum absolute atomic E-state index is 0.507. The lowest BCUT2D eigenvalue weighted by Gasteiger charge is -2.15. The maximum absolute atomic E-state index is 5.86. The standard InChI is InChI=1S/C19H23NO/c1-3-4-5-8-14(2)20-15-11-12-19-17(13-15)16-9-6-7-10-18(16)21-19/h6-7,9-14,20H,3-5,8H2,1-2H3. The van der Waals surface area contributed by atoms with E-state index >= 15 is 0 Å². The molecule has 0 bridgehead atoms. The molecule has 0 spiro atoms. The second kappa shape index (κ2) is 6.21. The first-order chi connectivity index (χ1) is 10.3. The predicted octanol–water partition coefficient (Wildman–Crippen LogP) is 5.97. The number of benzene rings is 2. The van der Waals surface area contributed by atoms with Crippen LogP contribution in [0.15, 0.2) is 46.9 Å². The van der Waals surface area contributed by atoms with Crippen LogP contribution in [0.25, 0.3) is 21.9 Å². The van der Waals surface area contributed by atoms with E-state index in [2.05, 4.69) is 49.5 Å². The number of nitrogens with one attached hydrogen (secondary N) is 1. The third-order valence-corrected chi connectivity index (χ3v) is 4.03. The van der Waals surface area contributed by atoms with Gasteiger partial charge in [-0.1, -0.05) is 44.4 Å². The molecular formula is C19H23NO. The zero-order valence-electron chi connectivity index (χ0n) is 12.9. The lowest BCUT2D eigenvalue weighted by Crippen LogP contribution is -2.14. The van der Waals surface area contributed by atoms with Gasteiger partial charge < -0.3 is 9.73 Å². The molecule has 1 aromatic heterocycles. The van der Waals surface area contributed by atoms with Crippen LogP contribution < -0.4 is 5.32 Å². The Kier molecular flexibility index (Phi) is 4.14. The van der Waals surface area contributed by atoms with Crippen LogP contribution in [-0.4, -0.2) is 6.04 Å². The van der Waals surface area contributed by atoms with Crippen molar-refractivity contribution in [1.29, 1.82) is 0 Å². The Bertz CT molecular complexity index is 729. The average molecular weight is 281 g/mol. The minimum Gasteiger partial charge on any atom is -0.456 e. The molecule has 0 aliphatic carbocycles. The molecule has 0 radical (unpaired) electrons. The number of fused-ring (bicyclic) bond motifs is 3. The van der Waals surface area contributed by atoms with Crippen LogP contribution in [0.2, 0.25) is 0 Å². The maximum Gasteiger partial charge on any atom is 0.135 e. The smallest absolute Gasteiger partial charge is 0.135 e. The van der Waals surface area contributed by atoms with E-state index in [9.17, 15) is 0 Å². The normalized spacial score (nSPS) is 12.9. The summed E-state index contributed by atoms with van der Waals surface area (Å²) in [5.41, 5.74) is 3.10. The van der Waals surface area contributed by atoms with Crippen molar-refractivity contribution in [2.75, 3.05) is 5.32 Å². The van der Waals surface area contributed by atoms with Crippen LogP contribution in [0.3, 0.4) is 0 Å². The predicted molar refractivity (Wildman–Crippen MR) is 90.9 cm³/mol. The molecule has 2 aromatic carbocycles. The minimum atomic E-state index is 0.507. The molecule has 21 heavy (non-hydrogen) atoms. The van der Waals surface area contributed by atoms with Gasteiger partial charge in [-0.25, -0.2) is 0 Å². The van der Waals surface area contributed by atoms with Gasteiger partial charge in [0.15, 0.2) is 0 Å². The Morgan fingerprint density at radius 3 is 2.67 bits per heavy atom. The summed E-state index contributed by atoms with van der Waals surface area (Å²) in [7, 11) is 0. The van der Waals surface area contributed by atoms with Crippen molar-refractivity contribution >= 4 is 27.6 Å². The molecule has 1 atom stereocenters. The molecule has 2 nitrogen and oxygen atoms in total. The summed E-state index contributed by atoms with van der Waals surface area (Å²) in [5, 5.41) is 5.99. The van der Waals surface area contributed by atoms with Gasteiger partial charge in [0.05, 0.1) is 0 Å². The Morgan fingerprint density at radius 1 is 1.00 bits per heavy atom. The Morgan fingerprint density at radius 2 is 1.81 bits per heavy atom. The van der Waals surface area contributed by atoms with Crippen molar-refractivity contribution in [3.8, 4) is 0 Å². The van der Waals surface area contributed by atoms with Crippen LogP contribution >= 0.6 is 0 Å². The molecular weight excluding hydrogens is 258 g/mol. The summed E-state index contributed by atoms with van der Waals surface area (Å²) in [4.78, 5) is 0. The molecule has 1 N–H and O–H groups in total. The van der Waals surface area contributed by atoms with Gasteiger partial charge >= 0.3 is 0 Å². The number of rotatable bonds is 6. The number of para-hydroxylation sites is 1. The number of furan rings is 1. The lowest BCUT2D eigenvalue weighted by molar-refractivity contribution is 0.615. The summed E-state index contributed by atoms with van der Waals surface area (Å²) in [6, 6.07) is 15.1. The zero-order valence-corrected chi connectivity index (χ0v) is 12.9. The van der Waals surface area contributed by atoms with Crippen molar-refractivity contribution in [1.82, 2.24) is 0 Å². The number of hydrogen-bond acceptors (Lipinski definition) is 2. The first-order valence-corrected chi connectivity index (χ1v) is 7.96. The topological polar surface area (TPSA) is 25.2 Å². The van der Waals surface area contributed by atoms with Gasteiger partial charge in [-0.3, -0.25) is 0 Å². The van der Waals surface area contributed by atoms with E-state index in [-0.39, 0.29) is 0 Å². The second-order valence-electron chi connectivity index (χ2n) is 5.85. The molecule has 0 aliphatic rings. The van der Waals surface area contributed by atoms with E-state index in [1.165, 1.54) is 42.1 Å². The molecule has 110 valence electrons. The highest BCUT2D eigenvalue weighted by Gasteiger charge is 2.08. The average Bonchev–Trinajstić information content (AvgIpc) is 2.86. The van der Waals surface area contributed by atoms with Gasteiger partial charge in [-0.15, -0.1) is 0 Å². The maximum atomic E-state index is 5.86. The van der Waals surface area contributed by atoms with Gasteiger partial charge in [0, 0.05) is 22.5 Å². The third kappa shape index (κ3) is 3.05. The molecule has 0 saturated carbocycles. The van der Waals surface area contributed by atoms with Crippen LogP contribution in [0.4, 0.5) is 5.69 Å². The summed E-state index contributed by atoms with van der Waals surface area (Å²) in [6.45, 7) is 4.50. The fourth-order valence-corrected chi connectivity index (χ4v) is 2.87. The van der Waals surface area contributed by atoms with Gasteiger partial charge in [0.2, 0.25) is 0 Å². The zero-order chi connectivity index (χ0) is 14.7. The fourth-order valence-electron chi connectivity index (χ4n) is 2.87. The van der Waals surface area contributed by atoms with E-state index in [0.29, 0.717) is 6.04 Å². The Balaban J connectivity index is 1.81. The summed E-state index contributed by atoms with van der Waals surface area (Å²) in [6.07, 6.45) is 5.11. The monoisotopic (exact) mass is 281 g/mol. The quantitative estimate of drug-likeness (QED) is 0.563.